The monoisotopic (exact) mass is 249 g/mol. The molecule has 1 rings (SSSR count). The molecule has 18 heavy (non-hydrogen) atoms. The molecular formula is C12H15N3O3. The van der Waals surface area contributed by atoms with Crippen molar-refractivity contribution in [3.8, 4) is 6.07 Å². The van der Waals surface area contributed by atoms with Crippen LogP contribution in [-0.2, 0) is 4.74 Å². The first-order valence-corrected chi connectivity index (χ1v) is 5.40. The summed E-state index contributed by atoms with van der Waals surface area (Å²) in [6, 6.07) is 4.52. The molecule has 1 unspecified atom stereocenters. The Morgan fingerprint density at radius 3 is 2.89 bits per heavy atom. The lowest BCUT2D eigenvalue weighted by Crippen LogP contribution is -2.41. The topological polar surface area (TPSA) is 95.2 Å². The van der Waals surface area contributed by atoms with Gasteiger partial charge < -0.3 is 15.2 Å². The number of nitrogens with zero attached hydrogens (tertiary/aromatic N) is 2. The Kier molecular flexibility index (Phi) is 5.24. The number of aliphatic hydroxyl groups excluding tert-OH is 1. The second kappa shape index (κ2) is 6.69. The van der Waals surface area contributed by atoms with Crippen LogP contribution in [0.4, 0.5) is 0 Å². The molecule has 1 atom stereocenters. The van der Waals surface area contributed by atoms with Gasteiger partial charge in [0.15, 0.2) is 0 Å². The molecule has 1 amide bonds. The third-order valence-corrected chi connectivity index (χ3v) is 2.36. The summed E-state index contributed by atoms with van der Waals surface area (Å²) in [7, 11) is 1.49. The average molecular weight is 249 g/mol. The van der Waals surface area contributed by atoms with Gasteiger partial charge in [-0.2, -0.15) is 5.26 Å². The highest BCUT2D eigenvalue weighted by Crippen LogP contribution is 2.05. The van der Waals surface area contributed by atoms with Gasteiger partial charge >= 0.3 is 0 Å². The largest absolute Gasteiger partial charge is 0.394 e. The lowest BCUT2D eigenvalue weighted by atomic mass is 10.2. The van der Waals surface area contributed by atoms with Gasteiger partial charge in [0, 0.05) is 7.11 Å². The van der Waals surface area contributed by atoms with Crippen molar-refractivity contribution in [1.82, 2.24) is 10.3 Å². The SMILES string of the molecule is COCC(CO)NC(=O)c1ccc(C#N)c(C)n1. The van der Waals surface area contributed by atoms with Crippen molar-refractivity contribution >= 4 is 5.91 Å². The molecule has 0 bridgehead atoms. The maximum Gasteiger partial charge on any atom is 0.270 e. The van der Waals surface area contributed by atoms with Crippen molar-refractivity contribution in [2.45, 2.75) is 13.0 Å². The maximum absolute atomic E-state index is 11.8. The zero-order valence-corrected chi connectivity index (χ0v) is 10.3. The number of aromatic nitrogens is 1. The highest BCUT2D eigenvalue weighted by Gasteiger charge is 2.14. The van der Waals surface area contributed by atoms with Crippen LogP contribution in [0, 0.1) is 18.3 Å². The van der Waals surface area contributed by atoms with Crippen molar-refractivity contribution in [3.63, 3.8) is 0 Å². The molecular weight excluding hydrogens is 234 g/mol. The minimum atomic E-state index is -0.472. The highest BCUT2D eigenvalue weighted by molar-refractivity contribution is 5.92. The summed E-state index contributed by atoms with van der Waals surface area (Å²) in [5, 5.41) is 20.4. The number of amides is 1. The second-order valence-corrected chi connectivity index (χ2v) is 3.75. The van der Waals surface area contributed by atoms with Crippen LogP contribution in [0.3, 0.4) is 0 Å². The standard InChI is InChI=1S/C12H15N3O3/c1-8-9(5-13)3-4-11(14-8)12(17)15-10(6-16)7-18-2/h3-4,10,16H,6-7H2,1-2H3,(H,15,17). The number of nitriles is 1. The number of ether oxygens (including phenoxy) is 1. The Bertz CT molecular complexity index is 468. The van der Waals surface area contributed by atoms with E-state index >= 15 is 0 Å². The van der Waals surface area contributed by atoms with E-state index in [0.29, 0.717) is 11.3 Å². The van der Waals surface area contributed by atoms with Crippen molar-refractivity contribution in [3.05, 3.63) is 29.1 Å². The third-order valence-electron chi connectivity index (χ3n) is 2.36. The summed E-state index contributed by atoms with van der Waals surface area (Å²) < 4.78 is 4.85. The first-order chi connectivity index (χ1) is 8.62. The third kappa shape index (κ3) is 3.52. The van der Waals surface area contributed by atoms with Crippen molar-refractivity contribution in [2.24, 2.45) is 0 Å². The van der Waals surface area contributed by atoms with Gasteiger partial charge in [-0.05, 0) is 19.1 Å². The zero-order chi connectivity index (χ0) is 13.5. The molecule has 1 heterocycles. The number of rotatable bonds is 5. The predicted molar refractivity (Wildman–Crippen MR) is 63.9 cm³/mol. The van der Waals surface area contributed by atoms with Crippen LogP contribution in [-0.4, -0.2) is 42.4 Å². The van der Waals surface area contributed by atoms with Gasteiger partial charge in [0.2, 0.25) is 0 Å². The summed E-state index contributed by atoms with van der Waals surface area (Å²) in [6.07, 6.45) is 0. The fourth-order valence-electron chi connectivity index (χ4n) is 1.41. The van der Waals surface area contributed by atoms with E-state index in [1.807, 2.05) is 6.07 Å². The van der Waals surface area contributed by atoms with Crippen LogP contribution in [0.5, 0.6) is 0 Å². The maximum atomic E-state index is 11.8. The molecule has 2 N–H and O–H groups in total. The highest BCUT2D eigenvalue weighted by atomic mass is 16.5. The molecule has 0 radical (unpaired) electrons. The van der Waals surface area contributed by atoms with E-state index in [4.69, 9.17) is 15.1 Å². The number of aliphatic hydroxyl groups is 1. The molecule has 0 saturated carbocycles. The summed E-state index contributed by atoms with van der Waals surface area (Å²) in [5.41, 5.74) is 1.14. The predicted octanol–water partition coefficient (Wildman–Crippen LogP) is -0.00120. The van der Waals surface area contributed by atoms with E-state index in [1.165, 1.54) is 13.2 Å². The lowest BCUT2D eigenvalue weighted by Gasteiger charge is -2.14. The summed E-state index contributed by atoms with van der Waals surface area (Å²) in [4.78, 5) is 15.9. The van der Waals surface area contributed by atoms with Crippen LogP contribution < -0.4 is 5.32 Å². The molecule has 6 heteroatoms. The van der Waals surface area contributed by atoms with E-state index in [-0.39, 0.29) is 18.9 Å². The Balaban J connectivity index is 2.78. The van der Waals surface area contributed by atoms with Gasteiger partial charge in [0.1, 0.15) is 11.8 Å². The fourth-order valence-corrected chi connectivity index (χ4v) is 1.41. The van der Waals surface area contributed by atoms with Crippen LogP contribution in [0.1, 0.15) is 21.7 Å². The quantitative estimate of drug-likeness (QED) is 0.765. The van der Waals surface area contributed by atoms with Crippen molar-refractivity contribution in [2.75, 3.05) is 20.3 Å². The van der Waals surface area contributed by atoms with Gasteiger partial charge in [0.05, 0.1) is 30.5 Å². The first-order valence-electron chi connectivity index (χ1n) is 5.40. The Morgan fingerprint density at radius 2 is 2.39 bits per heavy atom. The Morgan fingerprint density at radius 1 is 1.67 bits per heavy atom. The summed E-state index contributed by atoms with van der Waals surface area (Å²) >= 11 is 0. The molecule has 0 aliphatic carbocycles. The van der Waals surface area contributed by atoms with Crippen molar-refractivity contribution < 1.29 is 14.6 Å². The number of hydrogen-bond acceptors (Lipinski definition) is 5. The van der Waals surface area contributed by atoms with Crippen LogP contribution >= 0.6 is 0 Å². The number of pyridine rings is 1. The molecule has 0 aromatic carbocycles. The molecule has 1 aromatic rings. The molecule has 96 valence electrons. The fraction of sp³-hybridized carbons (Fsp3) is 0.417. The summed E-state index contributed by atoms with van der Waals surface area (Å²) in [6.45, 7) is 1.67. The van der Waals surface area contributed by atoms with Crippen LogP contribution in [0.25, 0.3) is 0 Å². The van der Waals surface area contributed by atoms with Gasteiger partial charge in [-0.25, -0.2) is 4.98 Å². The zero-order valence-electron chi connectivity index (χ0n) is 10.3. The van der Waals surface area contributed by atoms with E-state index in [9.17, 15) is 4.79 Å². The molecule has 0 aliphatic rings. The molecule has 0 saturated heterocycles. The number of carbonyl (C=O) groups excluding carboxylic acids is 1. The van der Waals surface area contributed by atoms with E-state index < -0.39 is 11.9 Å². The molecule has 6 nitrogen and oxygen atoms in total. The molecule has 0 aliphatic heterocycles. The van der Waals surface area contributed by atoms with E-state index in [0.717, 1.165) is 0 Å². The number of carbonyl (C=O) groups is 1. The molecule has 0 spiro atoms. The van der Waals surface area contributed by atoms with E-state index in [1.54, 1.807) is 13.0 Å². The normalized spacial score (nSPS) is 11.7. The molecule has 1 aromatic heterocycles. The van der Waals surface area contributed by atoms with Gasteiger partial charge in [-0.3, -0.25) is 4.79 Å². The van der Waals surface area contributed by atoms with Crippen molar-refractivity contribution in [1.29, 1.82) is 5.26 Å². The number of methoxy groups -OCH3 is 1. The van der Waals surface area contributed by atoms with Crippen LogP contribution in [0.2, 0.25) is 0 Å². The second-order valence-electron chi connectivity index (χ2n) is 3.75. The summed E-state index contributed by atoms with van der Waals surface area (Å²) in [5.74, 6) is -0.404. The van der Waals surface area contributed by atoms with Crippen LogP contribution in [0.15, 0.2) is 12.1 Å². The first kappa shape index (κ1) is 14.1. The number of hydrogen-bond donors (Lipinski definition) is 2. The van der Waals surface area contributed by atoms with Gasteiger partial charge in [0.25, 0.3) is 5.91 Å². The van der Waals surface area contributed by atoms with Gasteiger partial charge in [-0.15, -0.1) is 0 Å². The number of nitrogens with one attached hydrogen (secondary N) is 1. The average Bonchev–Trinajstić information content (AvgIpc) is 2.37. The molecule has 0 fully saturated rings. The Labute approximate surface area is 105 Å². The minimum absolute atomic E-state index is 0.209. The minimum Gasteiger partial charge on any atom is -0.394 e. The Hall–Kier alpha value is -1.97. The number of aryl methyl sites for hydroxylation is 1. The van der Waals surface area contributed by atoms with E-state index in [2.05, 4.69) is 10.3 Å². The smallest absolute Gasteiger partial charge is 0.270 e. The van der Waals surface area contributed by atoms with Gasteiger partial charge in [-0.1, -0.05) is 0 Å². The lowest BCUT2D eigenvalue weighted by molar-refractivity contribution is 0.0835.